The maximum Gasteiger partial charge on any atom is 0.280 e. The fourth-order valence-electron chi connectivity index (χ4n) is 5.15. The summed E-state index contributed by atoms with van der Waals surface area (Å²) in [6.45, 7) is 7.06. The minimum atomic E-state index is -3.98. The smallest absolute Gasteiger partial charge is 0.280 e. The quantitative estimate of drug-likeness (QED) is 0.199. The molecule has 0 radical (unpaired) electrons. The lowest BCUT2D eigenvalue weighted by molar-refractivity contribution is 0.0776. The number of methoxy groups -OCH3 is 1. The number of anilines is 1. The zero-order valence-corrected chi connectivity index (χ0v) is 28.3. The number of aliphatic hydroxyl groups is 1. The van der Waals surface area contributed by atoms with Gasteiger partial charge in [0.1, 0.15) is 11.5 Å². The van der Waals surface area contributed by atoms with Gasteiger partial charge in [0.25, 0.3) is 11.8 Å². The maximum absolute atomic E-state index is 13.7. The van der Waals surface area contributed by atoms with Gasteiger partial charge in [-0.05, 0) is 73.4 Å². The van der Waals surface area contributed by atoms with E-state index in [1.165, 1.54) is 28.4 Å². The van der Waals surface area contributed by atoms with Crippen molar-refractivity contribution in [1.29, 1.82) is 0 Å². The third-order valence-corrected chi connectivity index (χ3v) is 9.51. The average Bonchev–Trinajstić information content (AvgIpc) is 3.40. The first-order valence-electron chi connectivity index (χ1n) is 15.3. The lowest BCUT2D eigenvalue weighted by Crippen LogP contribution is -2.51. The first kappa shape index (κ1) is 35.3. The van der Waals surface area contributed by atoms with Crippen LogP contribution in [0.25, 0.3) is 0 Å². The Kier molecular flexibility index (Phi) is 11.6. The van der Waals surface area contributed by atoms with Crippen LogP contribution in [0.3, 0.4) is 0 Å². The van der Waals surface area contributed by atoms with Gasteiger partial charge in [0.15, 0.2) is 11.6 Å². The van der Waals surface area contributed by atoms with Crippen LogP contribution in [0.2, 0.25) is 0 Å². The molecule has 1 heterocycles. The van der Waals surface area contributed by atoms with Crippen LogP contribution >= 0.6 is 0 Å². The summed E-state index contributed by atoms with van der Waals surface area (Å²) in [5, 5.41) is 14.5. The molecule has 4 aromatic rings. The van der Waals surface area contributed by atoms with E-state index in [2.05, 4.69) is 10.3 Å². The second-order valence-corrected chi connectivity index (χ2v) is 13.7. The monoisotopic (exact) mass is 662 g/mol. The van der Waals surface area contributed by atoms with Crippen molar-refractivity contribution in [3.63, 3.8) is 0 Å². The van der Waals surface area contributed by atoms with Crippen molar-refractivity contribution in [3.05, 3.63) is 107 Å². The number of aliphatic hydroxyl groups excluding tert-OH is 1. The number of sulfonamides is 1. The molecule has 2 amide bonds. The fourth-order valence-corrected chi connectivity index (χ4v) is 6.78. The molecule has 0 fully saturated rings. The van der Waals surface area contributed by atoms with Crippen molar-refractivity contribution in [1.82, 2.24) is 14.6 Å². The Morgan fingerprint density at radius 1 is 0.957 bits per heavy atom. The lowest BCUT2D eigenvalue weighted by atomic mass is 10.00. The molecule has 1 aromatic heterocycles. The summed E-state index contributed by atoms with van der Waals surface area (Å²) < 4.78 is 39.3. The number of aromatic nitrogens is 1. The summed E-state index contributed by atoms with van der Waals surface area (Å²) in [5.74, 6) is 0.501. The molecule has 250 valence electrons. The van der Waals surface area contributed by atoms with E-state index in [1.807, 2.05) is 44.2 Å². The molecule has 4 rings (SSSR count). The van der Waals surface area contributed by atoms with Gasteiger partial charge in [-0.15, -0.1) is 0 Å². The Hall–Kier alpha value is -4.52. The summed E-state index contributed by atoms with van der Waals surface area (Å²) >= 11 is 0. The van der Waals surface area contributed by atoms with Gasteiger partial charge in [0.05, 0.1) is 24.2 Å². The molecule has 0 saturated heterocycles. The highest BCUT2D eigenvalue weighted by Gasteiger charge is 2.31. The van der Waals surface area contributed by atoms with Gasteiger partial charge >= 0.3 is 0 Å². The van der Waals surface area contributed by atoms with E-state index in [0.717, 1.165) is 5.56 Å². The van der Waals surface area contributed by atoms with Crippen molar-refractivity contribution in [2.24, 2.45) is 5.92 Å². The molecule has 3 aromatic carbocycles. The van der Waals surface area contributed by atoms with E-state index in [0.29, 0.717) is 28.7 Å². The number of benzene rings is 3. The minimum absolute atomic E-state index is 0.0295. The number of carbonyl (C=O) groups excluding carboxylic acids is 2. The van der Waals surface area contributed by atoms with E-state index in [-0.39, 0.29) is 41.9 Å². The number of nitrogens with one attached hydrogen (secondary N) is 1. The van der Waals surface area contributed by atoms with Crippen molar-refractivity contribution < 1.29 is 32.3 Å². The molecule has 11 nitrogen and oxygen atoms in total. The third-order valence-electron chi connectivity index (χ3n) is 7.66. The van der Waals surface area contributed by atoms with Gasteiger partial charge in [0, 0.05) is 38.3 Å². The van der Waals surface area contributed by atoms with Crippen LogP contribution in [-0.4, -0.2) is 74.0 Å². The van der Waals surface area contributed by atoms with Crippen LogP contribution in [0.4, 0.5) is 5.69 Å². The zero-order chi connectivity index (χ0) is 34.3. The Morgan fingerprint density at radius 3 is 2.15 bits per heavy atom. The molecular formula is C35H42N4O7S. The Labute approximate surface area is 276 Å². The molecule has 0 aliphatic rings. The summed E-state index contributed by atoms with van der Waals surface area (Å²) in [4.78, 5) is 32.2. The number of ether oxygens (including phenoxy) is 1. The molecule has 0 aliphatic carbocycles. The summed E-state index contributed by atoms with van der Waals surface area (Å²) in [7, 11) is -0.873. The highest BCUT2D eigenvalue weighted by atomic mass is 32.2. The topological polar surface area (TPSA) is 142 Å². The number of hydrogen-bond donors (Lipinski definition) is 2. The standard InChI is InChI=1S/C35H42N4O7S/c1-23(2)21-39(47(43,44)30-18-16-29(45-6)17-19-30)22-32(40)31(20-26-10-8-7-9-11-26)37-34(41)27-12-14-28(15-13-27)38(5)35(42)33-24(3)46-25(4)36-33/h7-19,23,31-32,40H,20-22H2,1-6H3,(H,37,41)/t31-,32+/m0/s1. The normalized spacial score (nSPS) is 13.0. The van der Waals surface area contributed by atoms with Crippen LogP contribution in [0.5, 0.6) is 5.75 Å². The van der Waals surface area contributed by atoms with Crippen LogP contribution in [-0.2, 0) is 16.4 Å². The number of amides is 2. The Balaban J connectivity index is 1.55. The molecule has 0 aliphatic heterocycles. The fraction of sp³-hybridized carbons (Fsp3) is 0.343. The predicted octanol–water partition coefficient (Wildman–Crippen LogP) is 4.63. The lowest BCUT2D eigenvalue weighted by Gasteiger charge is -2.31. The van der Waals surface area contributed by atoms with Crippen molar-refractivity contribution in [3.8, 4) is 5.75 Å². The Morgan fingerprint density at radius 2 is 1.60 bits per heavy atom. The zero-order valence-electron chi connectivity index (χ0n) is 27.5. The molecular weight excluding hydrogens is 620 g/mol. The second-order valence-electron chi connectivity index (χ2n) is 11.8. The van der Waals surface area contributed by atoms with E-state index in [1.54, 1.807) is 57.3 Å². The molecule has 2 atom stereocenters. The van der Waals surface area contributed by atoms with Gasteiger partial charge in [0.2, 0.25) is 10.0 Å². The maximum atomic E-state index is 13.7. The van der Waals surface area contributed by atoms with E-state index >= 15 is 0 Å². The van der Waals surface area contributed by atoms with Crippen molar-refractivity contribution in [2.75, 3.05) is 32.1 Å². The molecule has 47 heavy (non-hydrogen) atoms. The number of oxazole rings is 1. The van der Waals surface area contributed by atoms with Crippen molar-refractivity contribution >= 4 is 27.5 Å². The molecule has 2 N–H and O–H groups in total. The second kappa shape index (κ2) is 15.4. The van der Waals surface area contributed by atoms with Crippen LogP contribution in [0, 0.1) is 19.8 Å². The molecule has 0 unspecified atom stereocenters. The summed E-state index contributed by atoms with van der Waals surface area (Å²) in [6, 6.07) is 21.1. The molecule has 0 bridgehead atoms. The van der Waals surface area contributed by atoms with E-state index in [4.69, 9.17) is 9.15 Å². The minimum Gasteiger partial charge on any atom is -0.497 e. The number of aryl methyl sites for hydroxylation is 2. The number of rotatable bonds is 14. The molecule has 0 saturated carbocycles. The van der Waals surface area contributed by atoms with E-state index in [9.17, 15) is 23.1 Å². The van der Waals surface area contributed by atoms with Crippen LogP contribution in [0.1, 0.15) is 51.9 Å². The first-order chi connectivity index (χ1) is 22.3. The first-order valence-corrected chi connectivity index (χ1v) is 16.7. The van der Waals surface area contributed by atoms with E-state index < -0.39 is 28.1 Å². The number of nitrogens with zero attached hydrogens (tertiary/aromatic N) is 3. The van der Waals surface area contributed by atoms with Gasteiger partial charge in [-0.2, -0.15) is 4.31 Å². The van der Waals surface area contributed by atoms with Gasteiger partial charge in [-0.1, -0.05) is 44.2 Å². The van der Waals surface area contributed by atoms with Crippen LogP contribution < -0.4 is 15.0 Å². The van der Waals surface area contributed by atoms with Gasteiger partial charge in [-0.3, -0.25) is 9.59 Å². The molecule has 12 heteroatoms. The average molecular weight is 663 g/mol. The Bertz CT molecular complexity index is 1760. The van der Waals surface area contributed by atoms with Gasteiger partial charge in [-0.25, -0.2) is 13.4 Å². The number of hydrogen-bond acceptors (Lipinski definition) is 8. The SMILES string of the molecule is COc1ccc(S(=O)(=O)N(CC(C)C)C[C@@H](O)[C@H](Cc2ccccc2)NC(=O)c2ccc(N(C)C(=O)c3nc(C)oc3C)cc2)cc1. The summed E-state index contributed by atoms with van der Waals surface area (Å²) in [6.07, 6.45) is -0.986. The highest BCUT2D eigenvalue weighted by molar-refractivity contribution is 7.89. The van der Waals surface area contributed by atoms with Crippen LogP contribution in [0.15, 0.2) is 88.2 Å². The molecule has 0 spiro atoms. The predicted molar refractivity (Wildman–Crippen MR) is 179 cm³/mol. The van der Waals surface area contributed by atoms with Gasteiger partial charge < -0.3 is 24.5 Å². The largest absolute Gasteiger partial charge is 0.497 e. The van der Waals surface area contributed by atoms with Crippen molar-refractivity contribution in [2.45, 2.75) is 51.2 Å². The highest BCUT2D eigenvalue weighted by Crippen LogP contribution is 2.23. The number of carbonyl (C=O) groups is 2. The third kappa shape index (κ3) is 8.85. The summed E-state index contributed by atoms with van der Waals surface area (Å²) in [5.41, 5.74) is 1.92.